The van der Waals surface area contributed by atoms with Gasteiger partial charge in [0, 0.05) is 17.8 Å². The lowest BCUT2D eigenvalue weighted by Gasteiger charge is -2.05. The van der Waals surface area contributed by atoms with Gasteiger partial charge < -0.3 is 4.57 Å². The topological polar surface area (TPSA) is 22.0 Å². The fourth-order valence-corrected chi connectivity index (χ4v) is 2.94. The number of hydrogen-bond donors (Lipinski definition) is 0. The van der Waals surface area contributed by atoms with Crippen LogP contribution in [-0.2, 0) is 6.54 Å². The van der Waals surface area contributed by atoms with Crippen molar-refractivity contribution < 1.29 is 4.79 Å². The highest BCUT2D eigenvalue weighted by atomic mass is 79.9. The molecule has 0 N–H and O–H groups in total. The second kappa shape index (κ2) is 4.15. The molecule has 1 aromatic carbocycles. The molecule has 2 aromatic rings. The fourth-order valence-electron chi connectivity index (χ4n) is 2.33. The average Bonchev–Trinajstić information content (AvgIpc) is 2.93. The van der Waals surface area contributed by atoms with Crippen LogP contribution in [0.1, 0.15) is 33.0 Å². The SMILES string of the molecule is O=C(c1ccccc1)c1ccc2n1CCC2Br. The minimum atomic E-state index is 0.110. The van der Waals surface area contributed by atoms with Crippen molar-refractivity contribution in [3.63, 3.8) is 0 Å². The molecule has 3 rings (SSSR count). The highest BCUT2D eigenvalue weighted by molar-refractivity contribution is 9.09. The molecule has 0 spiro atoms. The summed E-state index contributed by atoms with van der Waals surface area (Å²) in [4.78, 5) is 12.7. The average molecular weight is 290 g/mol. The molecule has 0 saturated carbocycles. The lowest BCUT2D eigenvalue weighted by Crippen LogP contribution is -2.08. The Hall–Kier alpha value is -1.35. The molecule has 0 amide bonds. The van der Waals surface area contributed by atoms with Gasteiger partial charge >= 0.3 is 0 Å². The maximum Gasteiger partial charge on any atom is 0.209 e. The van der Waals surface area contributed by atoms with E-state index in [0.29, 0.717) is 4.83 Å². The molecule has 1 atom stereocenters. The van der Waals surface area contributed by atoms with Crippen molar-refractivity contribution in [2.45, 2.75) is 17.8 Å². The van der Waals surface area contributed by atoms with E-state index in [4.69, 9.17) is 0 Å². The summed E-state index contributed by atoms with van der Waals surface area (Å²) in [5.41, 5.74) is 2.77. The molecule has 2 heterocycles. The Morgan fingerprint density at radius 3 is 2.71 bits per heavy atom. The van der Waals surface area contributed by atoms with Gasteiger partial charge in [0.25, 0.3) is 0 Å². The van der Waals surface area contributed by atoms with E-state index >= 15 is 0 Å². The van der Waals surface area contributed by atoms with Gasteiger partial charge in [-0.15, -0.1) is 0 Å². The van der Waals surface area contributed by atoms with Crippen LogP contribution in [0.2, 0.25) is 0 Å². The number of aromatic nitrogens is 1. The standard InChI is InChI=1S/C14H12BrNO/c15-11-8-9-16-12(11)6-7-13(16)14(17)10-4-2-1-3-5-10/h1-7,11H,8-9H2. The maximum atomic E-state index is 12.3. The zero-order chi connectivity index (χ0) is 11.8. The van der Waals surface area contributed by atoms with E-state index < -0.39 is 0 Å². The van der Waals surface area contributed by atoms with E-state index in [1.165, 1.54) is 5.69 Å². The summed E-state index contributed by atoms with van der Waals surface area (Å²) in [6, 6.07) is 13.4. The van der Waals surface area contributed by atoms with E-state index in [1.807, 2.05) is 42.5 Å². The van der Waals surface area contributed by atoms with Crippen LogP contribution >= 0.6 is 15.9 Å². The number of carbonyl (C=O) groups is 1. The molecule has 0 fully saturated rings. The van der Waals surface area contributed by atoms with E-state index in [9.17, 15) is 4.79 Å². The number of hydrogen-bond acceptors (Lipinski definition) is 1. The third-order valence-corrected chi connectivity index (χ3v) is 4.14. The van der Waals surface area contributed by atoms with Crippen molar-refractivity contribution in [1.82, 2.24) is 4.57 Å². The first kappa shape index (κ1) is 10.8. The fraction of sp³-hybridized carbons (Fsp3) is 0.214. The van der Waals surface area contributed by atoms with Crippen LogP contribution in [0.4, 0.5) is 0 Å². The maximum absolute atomic E-state index is 12.3. The van der Waals surface area contributed by atoms with E-state index in [-0.39, 0.29) is 5.78 Å². The molecule has 0 radical (unpaired) electrons. The number of ketones is 1. The first-order valence-corrected chi connectivity index (χ1v) is 6.62. The molecule has 1 aromatic heterocycles. The summed E-state index contributed by atoms with van der Waals surface area (Å²) in [5, 5.41) is 0. The number of rotatable bonds is 2. The van der Waals surface area contributed by atoms with Gasteiger partial charge in [0.1, 0.15) is 0 Å². The number of nitrogens with zero attached hydrogens (tertiary/aromatic N) is 1. The summed E-state index contributed by atoms with van der Waals surface area (Å²) in [6.45, 7) is 0.923. The zero-order valence-electron chi connectivity index (χ0n) is 9.27. The zero-order valence-corrected chi connectivity index (χ0v) is 10.9. The highest BCUT2D eigenvalue weighted by Gasteiger charge is 2.25. The van der Waals surface area contributed by atoms with Gasteiger partial charge in [-0.1, -0.05) is 46.3 Å². The molecule has 0 bridgehead atoms. The van der Waals surface area contributed by atoms with Gasteiger partial charge in [-0.3, -0.25) is 4.79 Å². The quantitative estimate of drug-likeness (QED) is 0.612. The van der Waals surface area contributed by atoms with Gasteiger partial charge in [-0.05, 0) is 18.6 Å². The molecule has 17 heavy (non-hydrogen) atoms. The Balaban J connectivity index is 2.01. The molecular weight excluding hydrogens is 278 g/mol. The summed E-state index contributed by atoms with van der Waals surface area (Å²) < 4.78 is 2.12. The largest absolute Gasteiger partial charge is 0.341 e. The second-order valence-electron chi connectivity index (χ2n) is 4.25. The van der Waals surface area contributed by atoms with Gasteiger partial charge in [-0.2, -0.15) is 0 Å². The highest BCUT2D eigenvalue weighted by Crippen LogP contribution is 2.35. The number of fused-ring (bicyclic) bond motifs is 1. The Labute approximate surface area is 108 Å². The van der Waals surface area contributed by atoms with Crippen molar-refractivity contribution in [3.8, 4) is 0 Å². The molecule has 3 heteroatoms. The molecule has 1 aliphatic rings. The molecule has 1 unspecified atom stereocenters. The Morgan fingerprint density at radius 2 is 1.94 bits per heavy atom. The first-order chi connectivity index (χ1) is 8.27. The lowest BCUT2D eigenvalue weighted by atomic mass is 10.1. The van der Waals surface area contributed by atoms with Gasteiger partial charge in [0.05, 0.1) is 10.5 Å². The van der Waals surface area contributed by atoms with Crippen LogP contribution in [0, 0.1) is 0 Å². The van der Waals surface area contributed by atoms with E-state index in [1.54, 1.807) is 0 Å². The minimum Gasteiger partial charge on any atom is -0.341 e. The third-order valence-electron chi connectivity index (χ3n) is 3.21. The van der Waals surface area contributed by atoms with E-state index in [2.05, 4.69) is 20.5 Å². The number of benzene rings is 1. The Kier molecular flexibility index (Phi) is 2.63. The molecule has 0 saturated heterocycles. The number of alkyl halides is 1. The van der Waals surface area contributed by atoms with Crippen molar-refractivity contribution in [1.29, 1.82) is 0 Å². The van der Waals surface area contributed by atoms with Crippen molar-refractivity contribution in [3.05, 3.63) is 59.4 Å². The molecule has 0 aliphatic carbocycles. The lowest BCUT2D eigenvalue weighted by molar-refractivity contribution is 0.103. The summed E-state index contributed by atoms with van der Waals surface area (Å²) in [7, 11) is 0. The van der Waals surface area contributed by atoms with Crippen molar-refractivity contribution in [2.75, 3.05) is 0 Å². The predicted molar refractivity (Wildman–Crippen MR) is 70.6 cm³/mol. The van der Waals surface area contributed by atoms with E-state index in [0.717, 1.165) is 24.2 Å². The van der Waals surface area contributed by atoms with Crippen LogP contribution in [0.3, 0.4) is 0 Å². The number of halogens is 1. The van der Waals surface area contributed by atoms with Crippen LogP contribution in [-0.4, -0.2) is 10.4 Å². The van der Waals surface area contributed by atoms with Gasteiger partial charge in [-0.25, -0.2) is 0 Å². The van der Waals surface area contributed by atoms with Crippen LogP contribution in [0.5, 0.6) is 0 Å². The molecule has 1 aliphatic heterocycles. The Bertz CT molecular complexity index is 559. The molecule has 2 nitrogen and oxygen atoms in total. The van der Waals surface area contributed by atoms with Crippen LogP contribution in [0.25, 0.3) is 0 Å². The molecular formula is C14H12BrNO. The number of carbonyl (C=O) groups excluding carboxylic acids is 1. The summed E-state index contributed by atoms with van der Waals surface area (Å²) >= 11 is 3.62. The van der Waals surface area contributed by atoms with Crippen LogP contribution < -0.4 is 0 Å². The van der Waals surface area contributed by atoms with Crippen molar-refractivity contribution >= 4 is 21.7 Å². The third kappa shape index (κ3) is 1.75. The van der Waals surface area contributed by atoms with Crippen LogP contribution in [0.15, 0.2) is 42.5 Å². The summed E-state index contributed by atoms with van der Waals surface area (Å²) in [6.07, 6.45) is 1.06. The van der Waals surface area contributed by atoms with Gasteiger partial charge in [0.15, 0.2) is 0 Å². The van der Waals surface area contributed by atoms with Gasteiger partial charge in [0.2, 0.25) is 5.78 Å². The normalized spacial score (nSPS) is 18.1. The predicted octanol–water partition coefficient (Wildman–Crippen LogP) is 3.56. The Morgan fingerprint density at radius 1 is 1.18 bits per heavy atom. The summed E-state index contributed by atoms with van der Waals surface area (Å²) in [5.74, 6) is 0.110. The molecule has 86 valence electrons. The first-order valence-electron chi connectivity index (χ1n) is 5.70. The monoisotopic (exact) mass is 289 g/mol. The minimum absolute atomic E-state index is 0.110. The second-order valence-corrected chi connectivity index (χ2v) is 5.35. The van der Waals surface area contributed by atoms with Crippen molar-refractivity contribution in [2.24, 2.45) is 0 Å². The smallest absolute Gasteiger partial charge is 0.209 e.